The summed E-state index contributed by atoms with van der Waals surface area (Å²) in [6, 6.07) is 0.911. The number of aliphatic hydroxyl groups is 1. The van der Waals surface area contributed by atoms with Crippen molar-refractivity contribution in [1.29, 1.82) is 0 Å². The number of rotatable bonds is 4. The van der Waals surface area contributed by atoms with Crippen molar-refractivity contribution < 1.29 is 5.11 Å². The third-order valence-corrected chi connectivity index (χ3v) is 1.74. The van der Waals surface area contributed by atoms with E-state index in [1.165, 1.54) is 0 Å². The zero-order valence-corrected chi connectivity index (χ0v) is 7.39. The Kier molecular flexibility index (Phi) is 4.65. The molecule has 0 aliphatic rings. The van der Waals surface area contributed by atoms with E-state index >= 15 is 0 Å². The zero-order valence-electron chi connectivity index (χ0n) is 7.39. The van der Waals surface area contributed by atoms with E-state index in [9.17, 15) is 0 Å². The minimum absolute atomic E-state index is 0.265. The van der Waals surface area contributed by atoms with E-state index in [0.717, 1.165) is 0 Å². The largest absolute Gasteiger partial charge is 0.396 e. The molecule has 0 rings (SSSR count). The first-order valence-electron chi connectivity index (χ1n) is 3.94. The first-order valence-corrected chi connectivity index (χ1v) is 3.94. The van der Waals surface area contributed by atoms with Gasteiger partial charge in [0.15, 0.2) is 0 Å². The average molecular weight is 145 g/mol. The maximum Gasteiger partial charge on any atom is 0.0471 e. The minimum atomic E-state index is 0.265. The molecule has 0 saturated heterocycles. The molecule has 2 heteroatoms. The summed E-state index contributed by atoms with van der Waals surface area (Å²) in [5.41, 5.74) is 0. The third-order valence-electron chi connectivity index (χ3n) is 1.74. The highest BCUT2D eigenvalue weighted by molar-refractivity contribution is 4.69. The summed E-state index contributed by atoms with van der Waals surface area (Å²) in [4.78, 5) is 0. The Morgan fingerprint density at radius 3 is 2.00 bits per heavy atom. The SMILES string of the molecule is CC(C)NC(C)C(C)CO. The molecule has 2 N–H and O–H groups in total. The smallest absolute Gasteiger partial charge is 0.0471 e. The zero-order chi connectivity index (χ0) is 8.15. The normalized spacial score (nSPS) is 17.4. The van der Waals surface area contributed by atoms with Crippen molar-refractivity contribution in [1.82, 2.24) is 5.32 Å². The molecule has 0 fully saturated rings. The van der Waals surface area contributed by atoms with E-state index < -0.39 is 0 Å². The fourth-order valence-electron chi connectivity index (χ4n) is 0.848. The van der Waals surface area contributed by atoms with Crippen molar-refractivity contribution in [2.24, 2.45) is 5.92 Å². The molecule has 0 heterocycles. The fourth-order valence-corrected chi connectivity index (χ4v) is 0.848. The summed E-state index contributed by atoms with van der Waals surface area (Å²) in [7, 11) is 0. The molecule has 2 nitrogen and oxygen atoms in total. The van der Waals surface area contributed by atoms with Crippen LogP contribution in [-0.4, -0.2) is 23.8 Å². The maximum absolute atomic E-state index is 8.78. The van der Waals surface area contributed by atoms with Crippen LogP contribution in [0.3, 0.4) is 0 Å². The van der Waals surface area contributed by atoms with Crippen LogP contribution in [-0.2, 0) is 0 Å². The van der Waals surface area contributed by atoms with Crippen molar-refractivity contribution in [3.8, 4) is 0 Å². The van der Waals surface area contributed by atoms with Gasteiger partial charge in [-0.3, -0.25) is 0 Å². The summed E-state index contributed by atoms with van der Waals surface area (Å²) >= 11 is 0. The molecule has 2 atom stereocenters. The predicted octanol–water partition coefficient (Wildman–Crippen LogP) is 1.00. The molecule has 0 aromatic carbocycles. The number of hydrogen-bond acceptors (Lipinski definition) is 2. The van der Waals surface area contributed by atoms with E-state index in [1.807, 2.05) is 6.92 Å². The fraction of sp³-hybridized carbons (Fsp3) is 1.00. The maximum atomic E-state index is 8.78. The first kappa shape index (κ1) is 9.92. The Morgan fingerprint density at radius 1 is 1.20 bits per heavy atom. The van der Waals surface area contributed by atoms with Crippen LogP contribution in [0.1, 0.15) is 27.7 Å². The highest BCUT2D eigenvalue weighted by atomic mass is 16.3. The Labute approximate surface area is 63.6 Å². The molecular formula is C8H19NO. The van der Waals surface area contributed by atoms with Gasteiger partial charge < -0.3 is 10.4 Å². The van der Waals surface area contributed by atoms with Crippen LogP contribution in [0.15, 0.2) is 0 Å². The van der Waals surface area contributed by atoms with Crippen molar-refractivity contribution in [2.75, 3.05) is 6.61 Å². The molecular weight excluding hydrogens is 126 g/mol. The highest BCUT2D eigenvalue weighted by Gasteiger charge is 2.10. The topological polar surface area (TPSA) is 32.3 Å². The Bertz CT molecular complexity index is 83.3. The molecule has 62 valence electrons. The highest BCUT2D eigenvalue weighted by Crippen LogP contribution is 2.00. The summed E-state index contributed by atoms with van der Waals surface area (Å²) in [5.74, 6) is 0.349. The minimum Gasteiger partial charge on any atom is -0.396 e. The van der Waals surface area contributed by atoms with Crippen LogP contribution in [0.5, 0.6) is 0 Å². The van der Waals surface area contributed by atoms with Gasteiger partial charge in [0.2, 0.25) is 0 Å². The van der Waals surface area contributed by atoms with Crippen molar-refractivity contribution >= 4 is 0 Å². The van der Waals surface area contributed by atoms with Gasteiger partial charge in [-0.15, -0.1) is 0 Å². The van der Waals surface area contributed by atoms with Crippen molar-refractivity contribution in [3.05, 3.63) is 0 Å². The molecule has 10 heavy (non-hydrogen) atoms. The van der Waals surface area contributed by atoms with E-state index in [0.29, 0.717) is 18.0 Å². The monoisotopic (exact) mass is 145 g/mol. The predicted molar refractivity (Wildman–Crippen MR) is 44.0 cm³/mol. The Hall–Kier alpha value is -0.0800. The molecule has 0 aliphatic heterocycles. The van der Waals surface area contributed by atoms with Crippen LogP contribution in [0.25, 0.3) is 0 Å². The summed E-state index contributed by atoms with van der Waals surface area (Å²) < 4.78 is 0. The van der Waals surface area contributed by atoms with E-state index in [2.05, 4.69) is 26.1 Å². The lowest BCUT2D eigenvalue weighted by Crippen LogP contribution is -2.38. The van der Waals surface area contributed by atoms with Gasteiger partial charge in [0.1, 0.15) is 0 Å². The number of nitrogens with one attached hydrogen (secondary N) is 1. The van der Waals surface area contributed by atoms with E-state index in [4.69, 9.17) is 5.11 Å². The molecule has 0 aromatic heterocycles. The van der Waals surface area contributed by atoms with E-state index in [1.54, 1.807) is 0 Å². The Balaban J connectivity index is 3.50. The molecule has 0 radical (unpaired) electrons. The Morgan fingerprint density at radius 2 is 1.70 bits per heavy atom. The van der Waals surface area contributed by atoms with Crippen molar-refractivity contribution in [3.63, 3.8) is 0 Å². The van der Waals surface area contributed by atoms with Gasteiger partial charge in [-0.25, -0.2) is 0 Å². The molecule has 0 saturated carbocycles. The van der Waals surface area contributed by atoms with Gasteiger partial charge in [-0.05, 0) is 12.8 Å². The van der Waals surface area contributed by atoms with Crippen LogP contribution in [0.4, 0.5) is 0 Å². The van der Waals surface area contributed by atoms with Crippen molar-refractivity contribution in [2.45, 2.75) is 39.8 Å². The second kappa shape index (κ2) is 4.69. The molecule has 2 unspecified atom stereocenters. The molecule has 0 spiro atoms. The molecule has 0 aromatic rings. The van der Waals surface area contributed by atoms with Crippen LogP contribution >= 0.6 is 0 Å². The molecule has 0 amide bonds. The van der Waals surface area contributed by atoms with E-state index in [-0.39, 0.29) is 6.61 Å². The second-order valence-electron chi connectivity index (χ2n) is 3.27. The second-order valence-corrected chi connectivity index (χ2v) is 3.27. The van der Waals surface area contributed by atoms with Gasteiger partial charge in [0.25, 0.3) is 0 Å². The van der Waals surface area contributed by atoms with Gasteiger partial charge >= 0.3 is 0 Å². The van der Waals surface area contributed by atoms with Gasteiger partial charge in [0.05, 0.1) is 0 Å². The summed E-state index contributed by atoms with van der Waals surface area (Å²) in [6.45, 7) is 8.63. The van der Waals surface area contributed by atoms with Gasteiger partial charge in [-0.2, -0.15) is 0 Å². The summed E-state index contributed by atoms with van der Waals surface area (Å²) in [5, 5.41) is 12.1. The molecule has 0 bridgehead atoms. The third kappa shape index (κ3) is 3.85. The standard InChI is InChI=1S/C8H19NO/c1-6(2)9-8(4)7(3)5-10/h6-10H,5H2,1-4H3. The van der Waals surface area contributed by atoms with Gasteiger partial charge in [0, 0.05) is 18.7 Å². The van der Waals surface area contributed by atoms with Crippen LogP contribution in [0, 0.1) is 5.92 Å². The lowest BCUT2D eigenvalue weighted by molar-refractivity contribution is 0.203. The van der Waals surface area contributed by atoms with Crippen LogP contribution < -0.4 is 5.32 Å². The lowest BCUT2D eigenvalue weighted by atomic mass is 10.0. The van der Waals surface area contributed by atoms with Crippen LogP contribution in [0.2, 0.25) is 0 Å². The number of aliphatic hydroxyl groups excluding tert-OH is 1. The molecule has 0 aliphatic carbocycles. The number of hydrogen-bond donors (Lipinski definition) is 2. The first-order chi connectivity index (χ1) is 4.57. The lowest BCUT2D eigenvalue weighted by Gasteiger charge is -2.21. The summed E-state index contributed by atoms with van der Waals surface area (Å²) in [6.07, 6.45) is 0. The quantitative estimate of drug-likeness (QED) is 0.618. The average Bonchev–Trinajstić information content (AvgIpc) is 1.85. The van der Waals surface area contributed by atoms with Gasteiger partial charge in [-0.1, -0.05) is 20.8 Å².